The smallest absolute Gasteiger partial charge is 0.221 e. The number of nitrogens with two attached hydrogens (primary N) is 1. The van der Waals surface area contributed by atoms with E-state index in [-0.39, 0.29) is 11.9 Å². The lowest BCUT2D eigenvalue weighted by atomic mass is 9.79. The summed E-state index contributed by atoms with van der Waals surface area (Å²) in [4.78, 5) is 11.6. The maximum atomic E-state index is 11.6. The summed E-state index contributed by atoms with van der Waals surface area (Å²) in [5.41, 5.74) is 5.01. The van der Waals surface area contributed by atoms with Gasteiger partial charge in [-0.05, 0) is 25.2 Å². The van der Waals surface area contributed by atoms with Crippen molar-refractivity contribution >= 4 is 5.91 Å². The third kappa shape index (κ3) is 5.04. The van der Waals surface area contributed by atoms with Crippen LogP contribution in [0.25, 0.3) is 0 Å². The van der Waals surface area contributed by atoms with Gasteiger partial charge in [0.2, 0.25) is 5.91 Å². The Hall–Kier alpha value is -0.610. The molecule has 100 valence electrons. The number of aliphatic hydroxyl groups is 1. The minimum absolute atomic E-state index is 0.0500. The van der Waals surface area contributed by atoms with Crippen molar-refractivity contribution in [2.45, 2.75) is 64.0 Å². The average molecular weight is 242 g/mol. The van der Waals surface area contributed by atoms with Crippen molar-refractivity contribution in [3.8, 4) is 0 Å². The largest absolute Gasteiger partial charge is 0.388 e. The van der Waals surface area contributed by atoms with Crippen LogP contribution in [0.3, 0.4) is 0 Å². The number of nitrogens with one attached hydrogen (secondary N) is 1. The fourth-order valence-electron chi connectivity index (χ4n) is 2.51. The number of carbonyl (C=O) groups is 1. The van der Waals surface area contributed by atoms with Crippen molar-refractivity contribution in [2.24, 2.45) is 11.7 Å². The van der Waals surface area contributed by atoms with E-state index in [1.807, 2.05) is 6.92 Å². The van der Waals surface area contributed by atoms with Gasteiger partial charge in [-0.1, -0.05) is 26.7 Å². The lowest BCUT2D eigenvalue weighted by molar-refractivity contribution is -0.123. The molecule has 17 heavy (non-hydrogen) atoms. The first-order valence-electron chi connectivity index (χ1n) is 6.70. The average Bonchev–Trinajstić information content (AvgIpc) is 2.26. The number of hydrogen-bond acceptors (Lipinski definition) is 3. The molecule has 0 radical (unpaired) electrons. The first-order chi connectivity index (χ1) is 7.95. The zero-order valence-corrected chi connectivity index (χ0v) is 11.0. The summed E-state index contributed by atoms with van der Waals surface area (Å²) < 4.78 is 0. The van der Waals surface area contributed by atoms with E-state index < -0.39 is 5.60 Å². The quantitative estimate of drug-likeness (QED) is 0.677. The van der Waals surface area contributed by atoms with E-state index in [0.29, 0.717) is 18.9 Å². The highest BCUT2D eigenvalue weighted by Gasteiger charge is 2.32. The summed E-state index contributed by atoms with van der Waals surface area (Å²) in [6.45, 7) is 4.49. The van der Waals surface area contributed by atoms with Crippen LogP contribution in [0.15, 0.2) is 0 Å². The third-order valence-corrected chi connectivity index (χ3v) is 3.65. The molecule has 4 heteroatoms. The second-order valence-corrected chi connectivity index (χ2v) is 5.58. The van der Waals surface area contributed by atoms with Crippen LogP contribution >= 0.6 is 0 Å². The summed E-state index contributed by atoms with van der Waals surface area (Å²) in [7, 11) is 0. The fraction of sp³-hybridized carbons (Fsp3) is 0.923. The van der Waals surface area contributed by atoms with Gasteiger partial charge in [0.15, 0.2) is 0 Å². The molecule has 0 spiro atoms. The zero-order chi connectivity index (χ0) is 12.9. The summed E-state index contributed by atoms with van der Waals surface area (Å²) in [6.07, 6.45) is 4.94. The van der Waals surface area contributed by atoms with E-state index in [1.165, 1.54) is 6.42 Å². The van der Waals surface area contributed by atoms with E-state index in [1.54, 1.807) is 0 Å². The molecule has 1 rings (SSSR count). The molecule has 4 N–H and O–H groups in total. The molecule has 0 aliphatic heterocycles. The number of amides is 1. The van der Waals surface area contributed by atoms with E-state index in [4.69, 9.17) is 5.73 Å². The summed E-state index contributed by atoms with van der Waals surface area (Å²) in [5, 5.41) is 13.1. The van der Waals surface area contributed by atoms with Gasteiger partial charge in [0.1, 0.15) is 0 Å². The molecule has 1 aliphatic carbocycles. The predicted octanol–water partition coefficient (Wildman–Crippen LogP) is 1.17. The highest BCUT2D eigenvalue weighted by atomic mass is 16.3. The van der Waals surface area contributed by atoms with E-state index in [0.717, 1.165) is 25.7 Å². The van der Waals surface area contributed by atoms with Crippen molar-refractivity contribution in [1.82, 2.24) is 5.32 Å². The minimum Gasteiger partial charge on any atom is -0.388 e. The number of carbonyl (C=O) groups excluding carboxylic acids is 1. The Balaban J connectivity index is 2.31. The van der Waals surface area contributed by atoms with Crippen LogP contribution in [0.1, 0.15) is 52.4 Å². The minimum atomic E-state index is -0.705. The lowest BCUT2D eigenvalue weighted by Crippen LogP contribution is -2.46. The second kappa shape index (κ2) is 6.36. The normalized spacial score (nSPS) is 30.9. The van der Waals surface area contributed by atoms with Crippen LogP contribution < -0.4 is 11.1 Å². The van der Waals surface area contributed by atoms with Gasteiger partial charge in [0, 0.05) is 19.0 Å². The molecule has 1 aliphatic rings. The molecule has 1 amide bonds. The van der Waals surface area contributed by atoms with E-state index in [2.05, 4.69) is 12.2 Å². The number of rotatable bonds is 5. The van der Waals surface area contributed by atoms with Gasteiger partial charge < -0.3 is 16.2 Å². The van der Waals surface area contributed by atoms with Crippen molar-refractivity contribution in [3.05, 3.63) is 0 Å². The molecule has 0 saturated heterocycles. The Labute approximate surface area is 104 Å². The SMILES string of the molecule is CCC(N)CC(=O)NCC1(O)CCCC(C)C1. The van der Waals surface area contributed by atoms with Crippen LogP contribution in [0.4, 0.5) is 0 Å². The Morgan fingerprint density at radius 3 is 2.94 bits per heavy atom. The molecule has 0 bridgehead atoms. The fourth-order valence-corrected chi connectivity index (χ4v) is 2.51. The highest BCUT2D eigenvalue weighted by molar-refractivity contribution is 5.76. The predicted molar refractivity (Wildman–Crippen MR) is 68.5 cm³/mol. The monoisotopic (exact) mass is 242 g/mol. The molecule has 0 aromatic rings. The van der Waals surface area contributed by atoms with E-state index >= 15 is 0 Å². The molecule has 1 saturated carbocycles. The molecule has 3 atom stereocenters. The first kappa shape index (κ1) is 14.5. The first-order valence-corrected chi connectivity index (χ1v) is 6.70. The highest BCUT2D eigenvalue weighted by Crippen LogP contribution is 2.31. The maximum Gasteiger partial charge on any atom is 0.221 e. The van der Waals surface area contributed by atoms with Crippen LogP contribution in [-0.4, -0.2) is 29.2 Å². The van der Waals surface area contributed by atoms with Gasteiger partial charge in [-0.15, -0.1) is 0 Å². The Morgan fingerprint density at radius 2 is 2.35 bits per heavy atom. The molecule has 0 heterocycles. The van der Waals surface area contributed by atoms with Crippen LogP contribution in [0.2, 0.25) is 0 Å². The Bertz CT molecular complexity index is 258. The summed E-state index contributed by atoms with van der Waals surface area (Å²) in [5.74, 6) is 0.495. The second-order valence-electron chi connectivity index (χ2n) is 5.58. The van der Waals surface area contributed by atoms with Crippen molar-refractivity contribution in [3.63, 3.8) is 0 Å². The Morgan fingerprint density at radius 1 is 1.65 bits per heavy atom. The lowest BCUT2D eigenvalue weighted by Gasteiger charge is -2.35. The van der Waals surface area contributed by atoms with Crippen molar-refractivity contribution in [1.29, 1.82) is 0 Å². The molecule has 3 unspecified atom stereocenters. The van der Waals surface area contributed by atoms with Crippen LogP contribution in [-0.2, 0) is 4.79 Å². The maximum absolute atomic E-state index is 11.6. The van der Waals surface area contributed by atoms with Gasteiger partial charge in [-0.25, -0.2) is 0 Å². The standard InChI is InChI=1S/C13H26N2O2/c1-3-11(14)7-12(16)15-9-13(17)6-4-5-10(2)8-13/h10-11,17H,3-9,14H2,1-2H3,(H,15,16). The molecule has 4 nitrogen and oxygen atoms in total. The zero-order valence-electron chi connectivity index (χ0n) is 11.0. The molecule has 1 fully saturated rings. The topological polar surface area (TPSA) is 75.4 Å². The van der Waals surface area contributed by atoms with Gasteiger partial charge in [0.05, 0.1) is 5.60 Å². The van der Waals surface area contributed by atoms with Crippen LogP contribution in [0.5, 0.6) is 0 Å². The van der Waals surface area contributed by atoms with E-state index in [9.17, 15) is 9.90 Å². The molecular formula is C13H26N2O2. The third-order valence-electron chi connectivity index (χ3n) is 3.65. The summed E-state index contributed by atoms with van der Waals surface area (Å²) in [6, 6.07) is -0.0741. The molecule has 0 aromatic heterocycles. The van der Waals surface area contributed by atoms with Gasteiger partial charge in [-0.2, -0.15) is 0 Å². The summed E-state index contributed by atoms with van der Waals surface area (Å²) >= 11 is 0. The number of hydrogen-bond donors (Lipinski definition) is 3. The van der Waals surface area contributed by atoms with Gasteiger partial charge in [0.25, 0.3) is 0 Å². The van der Waals surface area contributed by atoms with Gasteiger partial charge in [-0.3, -0.25) is 4.79 Å². The van der Waals surface area contributed by atoms with Crippen molar-refractivity contribution in [2.75, 3.05) is 6.54 Å². The van der Waals surface area contributed by atoms with Crippen molar-refractivity contribution < 1.29 is 9.90 Å². The van der Waals surface area contributed by atoms with Gasteiger partial charge >= 0.3 is 0 Å². The molecule has 0 aromatic carbocycles. The van der Waals surface area contributed by atoms with Crippen LogP contribution in [0, 0.1) is 5.92 Å². The molecular weight excluding hydrogens is 216 g/mol. The Kier molecular flexibility index (Phi) is 5.40.